The Hall–Kier alpha value is -2.43. The molecule has 5 heteroatoms. The Kier molecular flexibility index (Phi) is 3.98. The summed E-state index contributed by atoms with van der Waals surface area (Å²) in [6, 6.07) is 2.78. The van der Waals surface area contributed by atoms with Crippen molar-refractivity contribution in [1.29, 1.82) is 0 Å². The van der Waals surface area contributed by atoms with Gasteiger partial charge in [0, 0.05) is 6.07 Å². The Morgan fingerprint density at radius 2 is 2.20 bits per heavy atom. The number of phenols is 1. The molecule has 0 aliphatic carbocycles. The van der Waals surface area contributed by atoms with Crippen molar-refractivity contribution in [3.05, 3.63) is 40.3 Å². The van der Waals surface area contributed by atoms with E-state index in [0.717, 1.165) is 5.57 Å². The first kappa shape index (κ1) is 14.0. The van der Waals surface area contributed by atoms with Gasteiger partial charge in [0.2, 0.25) is 11.5 Å². The number of allylic oxidation sites excluding steroid dienone is 1. The van der Waals surface area contributed by atoms with Crippen LogP contribution >= 0.6 is 0 Å². The van der Waals surface area contributed by atoms with Gasteiger partial charge in [-0.25, -0.2) is 0 Å². The minimum atomic E-state index is -0.254. The molecule has 0 spiro atoms. The van der Waals surface area contributed by atoms with Gasteiger partial charge in [0.15, 0.2) is 16.8 Å². The number of benzene rings is 1. The second kappa shape index (κ2) is 5.69. The number of rotatable bonds is 4. The lowest BCUT2D eigenvalue weighted by Gasteiger charge is -2.12. The first-order valence-corrected chi connectivity index (χ1v) is 6.12. The van der Waals surface area contributed by atoms with Crippen molar-refractivity contribution in [3.8, 4) is 17.2 Å². The highest BCUT2D eigenvalue weighted by molar-refractivity contribution is 5.87. The predicted molar refractivity (Wildman–Crippen MR) is 75.6 cm³/mol. The molecule has 0 amide bonds. The van der Waals surface area contributed by atoms with Crippen molar-refractivity contribution in [2.45, 2.75) is 13.8 Å². The molecule has 1 aromatic heterocycles. The van der Waals surface area contributed by atoms with E-state index < -0.39 is 0 Å². The second-order valence-corrected chi connectivity index (χ2v) is 4.51. The van der Waals surface area contributed by atoms with Gasteiger partial charge >= 0.3 is 0 Å². The highest BCUT2D eigenvalue weighted by atomic mass is 16.5. The topological polar surface area (TPSA) is 68.9 Å². The molecule has 20 heavy (non-hydrogen) atoms. The summed E-state index contributed by atoms with van der Waals surface area (Å²) in [5, 5.41) is 10.4. The molecular weight excluding hydrogens is 260 g/mol. The molecule has 2 rings (SSSR count). The summed E-state index contributed by atoms with van der Waals surface area (Å²) in [5.74, 6) is 0.210. The van der Waals surface area contributed by atoms with Crippen molar-refractivity contribution < 1.29 is 19.0 Å². The molecule has 1 heterocycles. The summed E-state index contributed by atoms with van der Waals surface area (Å²) < 4.78 is 15.9. The molecule has 1 aromatic carbocycles. The molecule has 0 fully saturated rings. The Morgan fingerprint density at radius 1 is 1.45 bits per heavy atom. The van der Waals surface area contributed by atoms with Crippen molar-refractivity contribution in [2.24, 2.45) is 0 Å². The third-order valence-corrected chi connectivity index (χ3v) is 2.78. The summed E-state index contributed by atoms with van der Waals surface area (Å²) >= 11 is 0. The number of hydrogen-bond acceptors (Lipinski definition) is 5. The van der Waals surface area contributed by atoms with Crippen LogP contribution in [0.5, 0.6) is 17.2 Å². The molecule has 1 N–H and O–H groups in total. The van der Waals surface area contributed by atoms with Gasteiger partial charge in [-0.1, -0.05) is 5.57 Å². The molecule has 0 aliphatic heterocycles. The first-order valence-electron chi connectivity index (χ1n) is 6.12. The first-order chi connectivity index (χ1) is 9.54. The summed E-state index contributed by atoms with van der Waals surface area (Å²) in [5.41, 5.74) is 0.928. The third kappa shape index (κ3) is 2.61. The fraction of sp³-hybridized carbons (Fsp3) is 0.267. The highest BCUT2D eigenvalue weighted by Gasteiger charge is 2.18. The minimum absolute atomic E-state index is 0.0884. The molecule has 2 aromatic rings. The van der Waals surface area contributed by atoms with Crippen LogP contribution in [0.25, 0.3) is 11.0 Å². The van der Waals surface area contributed by atoms with Crippen LogP contribution in [0.1, 0.15) is 13.8 Å². The van der Waals surface area contributed by atoms with E-state index in [1.807, 2.05) is 19.9 Å². The molecule has 0 saturated carbocycles. The fourth-order valence-electron chi connectivity index (χ4n) is 1.75. The summed E-state index contributed by atoms with van der Waals surface area (Å²) in [4.78, 5) is 11.7. The molecule has 106 valence electrons. The highest BCUT2D eigenvalue weighted by Crippen LogP contribution is 2.41. The quantitative estimate of drug-likeness (QED) is 0.869. The SMILES string of the molecule is COc1cc2c(=O)ccoc2c(O)c1OCC=C(C)C. The average Bonchev–Trinajstić information content (AvgIpc) is 2.41. The van der Waals surface area contributed by atoms with E-state index >= 15 is 0 Å². The van der Waals surface area contributed by atoms with Gasteiger partial charge in [-0.2, -0.15) is 0 Å². The van der Waals surface area contributed by atoms with E-state index in [1.54, 1.807) is 0 Å². The molecule has 0 bridgehead atoms. The van der Waals surface area contributed by atoms with Crippen LogP contribution in [0, 0.1) is 0 Å². The van der Waals surface area contributed by atoms with Gasteiger partial charge in [0.25, 0.3) is 0 Å². The van der Waals surface area contributed by atoms with Gasteiger partial charge in [-0.15, -0.1) is 0 Å². The lowest BCUT2D eigenvalue weighted by molar-refractivity contribution is 0.306. The number of methoxy groups -OCH3 is 1. The number of ether oxygens (including phenoxy) is 2. The van der Waals surface area contributed by atoms with Crippen LogP contribution < -0.4 is 14.9 Å². The minimum Gasteiger partial charge on any atom is -0.502 e. The summed E-state index contributed by atoms with van der Waals surface area (Å²) in [7, 11) is 1.44. The van der Waals surface area contributed by atoms with E-state index in [9.17, 15) is 9.90 Å². The van der Waals surface area contributed by atoms with Gasteiger partial charge < -0.3 is 19.0 Å². The number of aromatic hydroxyl groups is 1. The molecule has 0 atom stereocenters. The normalized spacial score (nSPS) is 10.3. The molecule has 5 nitrogen and oxygen atoms in total. The maximum atomic E-state index is 11.7. The van der Waals surface area contributed by atoms with Crippen LogP contribution in [-0.4, -0.2) is 18.8 Å². The van der Waals surface area contributed by atoms with Crippen LogP contribution in [0.2, 0.25) is 0 Å². The summed E-state index contributed by atoms with van der Waals surface area (Å²) in [6.07, 6.45) is 3.10. The van der Waals surface area contributed by atoms with Crippen LogP contribution in [0.3, 0.4) is 0 Å². The van der Waals surface area contributed by atoms with E-state index in [4.69, 9.17) is 13.9 Å². The van der Waals surface area contributed by atoms with E-state index in [1.165, 1.54) is 25.5 Å². The smallest absolute Gasteiger partial charge is 0.207 e. The number of fused-ring (bicyclic) bond motifs is 1. The second-order valence-electron chi connectivity index (χ2n) is 4.51. The van der Waals surface area contributed by atoms with Gasteiger partial charge in [-0.3, -0.25) is 4.79 Å². The largest absolute Gasteiger partial charge is 0.502 e. The average molecular weight is 276 g/mol. The van der Waals surface area contributed by atoms with Crippen molar-refractivity contribution in [1.82, 2.24) is 0 Å². The number of phenolic OH excluding ortho intramolecular Hbond substituents is 1. The lowest BCUT2D eigenvalue weighted by Crippen LogP contribution is -2.02. The van der Waals surface area contributed by atoms with E-state index in [-0.39, 0.29) is 40.3 Å². The monoisotopic (exact) mass is 276 g/mol. The van der Waals surface area contributed by atoms with E-state index in [0.29, 0.717) is 0 Å². The standard InChI is InChI=1S/C15H16O5/c1-9(2)4-6-20-15-12(18-3)8-10-11(16)5-7-19-14(10)13(15)17/h4-5,7-8,17H,6H2,1-3H3. The lowest BCUT2D eigenvalue weighted by atomic mass is 10.2. The molecule has 0 aliphatic rings. The van der Waals surface area contributed by atoms with Crippen molar-refractivity contribution >= 4 is 11.0 Å². The van der Waals surface area contributed by atoms with E-state index in [2.05, 4.69) is 0 Å². The maximum Gasteiger partial charge on any atom is 0.207 e. The zero-order valence-corrected chi connectivity index (χ0v) is 11.6. The Labute approximate surface area is 116 Å². The van der Waals surface area contributed by atoms with Gasteiger partial charge in [0.1, 0.15) is 6.61 Å². The molecule has 0 saturated heterocycles. The van der Waals surface area contributed by atoms with Crippen molar-refractivity contribution in [2.75, 3.05) is 13.7 Å². The number of hydrogen-bond donors (Lipinski definition) is 1. The Morgan fingerprint density at radius 3 is 2.85 bits per heavy atom. The molecule has 0 unspecified atom stereocenters. The van der Waals surface area contributed by atoms with Crippen molar-refractivity contribution in [3.63, 3.8) is 0 Å². The van der Waals surface area contributed by atoms with Crippen LogP contribution in [0.15, 0.2) is 39.3 Å². The van der Waals surface area contributed by atoms with Crippen LogP contribution in [-0.2, 0) is 0 Å². The maximum absolute atomic E-state index is 11.7. The Bertz CT molecular complexity index is 708. The third-order valence-electron chi connectivity index (χ3n) is 2.78. The zero-order valence-electron chi connectivity index (χ0n) is 11.6. The fourth-order valence-corrected chi connectivity index (χ4v) is 1.75. The van der Waals surface area contributed by atoms with Gasteiger partial charge in [0.05, 0.1) is 18.8 Å². The molecular formula is C15H16O5. The zero-order chi connectivity index (χ0) is 14.7. The summed E-state index contributed by atoms with van der Waals surface area (Å²) in [6.45, 7) is 4.18. The predicted octanol–water partition coefficient (Wildman–Crippen LogP) is 2.85. The molecule has 0 radical (unpaired) electrons. The Balaban J connectivity index is 2.56. The van der Waals surface area contributed by atoms with Crippen LogP contribution in [0.4, 0.5) is 0 Å². The van der Waals surface area contributed by atoms with Gasteiger partial charge in [-0.05, 0) is 26.0 Å².